The maximum Gasteiger partial charge on any atom is 0.0212 e. The molecule has 3 aromatic rings. The lowest BCUT2D eigenvalue weighted by molar-refractivity contribution is 0.477. The third-order valence-electron chi connectivity index (χ3n) is 3.95. The normalized spacial score (nSPS) is 11.9. The Morgan fingerprint density at radius 3 is 2.57 bits per heavy atom. The van der Waals surface area contributed by atoms with Gasteiger partial charge in [0.25, 0.3) is 0 Å². The second kappa shape index (κ2) is 6.00. The van der Waals surface area contributed by atoms with Gasteiger partial charge >= 0.3 is 0 Å². The highest BCUT2D eigenvalue weighted by Crippen LogP contribution is 2.27. The van der Waals surface area contributed by atoms with Gasteiger partial charge in [-0.15, -0.1) is 11.3 Å². The molecule has 0 bridgehead atoms. The number of hydrogen-bond acceptors (Lipinski definition) is 2. The van der Waals surface area contributed by atoms with Crippen LogP contribution in [0.15, 0.2) is 60.0 Å². The molecule has 0 unspecified atom stereocenters. The first-order chi connectivity index (χ1) is 10.2. The lowest BCUT2D eigenvalue weighted by Crippen LogP contribution is -2.31. The fourth-order valence-electron chi connectivity index (χ4n) is 2.71. The van der Waals surface area contributed by atoms with Crippen molar-refractivity contribution in [2.45, 2.75) is 25.8 Å². The summed E-state index contributed by atoms with van der Waals surface area (Å²) < 4.78 is 0. The average molecular weight is 295 g/mol. The SMILES string of the molecule is CC(C)(CNCc1cccc2ccccc12)c1cccs1. The minimum Gasteiger partial charge on any atom is -0.312 e. The van der Waals surface area contributed by atoms with E-state index in [1.165, 1.54) is 21.2 Å². The van der Waals surface area contributed by atoms with Crippen LogP contribution in [0.3, 0.4) is 0 Å². The van der Waals surface area contributed by atoms with Crippen molar-refractivity contribution in [3.05, 3.63) is 70.4 Å². The molecular formula is C19H21NS. The number of hydrogen-bond donors (Lipinski definition) is 1. The first kappa shape index (κ1) is 14.3. The fourth-order valence-corrected chi connectivity index (χ4v) is 3.56. The Labute approximate surface area is 130 Å². The van der Waals surface area contributed by atoms with E-state index in [1.54, 1.807) is 0 Å². The summed E-state index contributed by atoms with van der Waals surface area (Å²) in [7, 11) is 0. The third-order valence-corrected chi connectivity index (χ3v) is 5.19. The van der Waals surface area contributed by atoms with Crippen LogP contribution in [0.2, 0.25) is 0 Å². The number of thiophene rings is 1. The van der Waals surface area contributed by atoms with Gasteiger partial charge in [0.15, 0.2) is 0 Å². The van der Waals surface area contributed by atoms with Gasteiger partial charge in [-0.05, 0) is 27.8 Å². The summed E-state index contributed by atoms with van der Waals surface area (Å²) in [5.74, 6) is 0. The monoisotopic (exact) mass is 295 g/mol. The summed E-state index contributed by atoms with van der Waals surface area (Å²) in [5.41, 5.74) is 1.55. The minimum atomic E-state index is 0.179. The molecule has 3 rings (SSSR count). The molecule has 2 heteroatoms. The minimum absolute atomic E-state index is 0.179. The van der Waals surface area contributed by atoms with Crippen LogP contribution in [-0.4, -0.2) is 6.54 Å². The summed E-state index contributed by atoms with van der Waals surface area (Å²) in [5, 5.41) is 8.45. The van der Waals surface area contributed by atoms with Crippen molar-refractivity contribution in [1.82, 2.24) is 5.32 Å². The molecule has 0 fully saturated rings. The molecule has 0 radical (unpaired) electrons. The molecular weight excluding hydrogens is 274 g/mol. The van der Waals surface area contributed by atoms with Crippen LogP contribution in [0.5, 0.6) is 0 Å². The van der Waals surface area contributed by atoms with Crippen molar-refractivity contribution < 1.29 is 0 Å². The van der Waals surface area contributed by atoms with Crippen LogP contribution in [0.25, 0.3) is 10.8 Å². The molecule has 1 aromatic heterocycles. The molecule has 108 valence electrons. The highest BCUT2D eigenvalue weighted by molar-refractivity contribution is 7.10. The van der Waals surface area contributed by atoms with Gasteiger partial charge in [-0.2, -0.15) is 0 Å². The highest BCUT2D eigenvalue weighted by atomic mass is 32.1. The maximum atomic E-state index is 3.63. The van der Waals surface area contributed by atoms with E-state index < -0.39 is 0 Å². The van der Waals surface area contributed by atoms with E-state index in [-0.39, 0.29) is 5.41 Å². The summed E-state index contributed by atoms with van der Waals surface area (Å²) in [6.45, 7) is 6.50. The van der Waals surface area contributed by atoms with E-state index in [1.807, 2.05) is 11.3 Å². The van der Waals surface area contributed by atoms with Crippen LogP contribution in [0.4, 0.5) is 0 Å². The largest absolute Gasteiger partial charge is 0.312 e. The van der Waals surface area contributed by atoms with E-state index in [4.69, 9.17) is 0 Å². The number of benzene rings is 2. The van der Waals surface area contributed by atoms with Crippen LogP contribution >= 0.6 is 11.3 Å². The topological polar surface area (TPSA) is 12.0 Å². The first-order valence-corrected chi connectivity index (χ1v) is 8.26. The third kappa shape index (κ3) is 3.17. The zero-order chi connectivity index (χ0) is 14.7. The van der Waals surface area contributed by atoms with Crippen molar-refractivity contribution in [3.63, 3.8) is 0 Å². The number of fused-ring (bicyclic) bond motifs is 1. The zero-order valence-electron chi connectivity index (χ0n) is 12.6. The van der Waals surface area contributed by atoms with Gasteiger partial charge in [0.1, 0.15) is 0 Å². The highest BCUT2D eigenvalue weighted by Gasteiger charge is 2.20. The van der Waals surface area contributed by atoms with Crippen LogP contribution < -0.4 is 5.32 Å². The smallest absolute Gasteiger partial charge is 0.0212 e. The summed E-state index contributed by atoms with van der Waals surface area (Å²) >= 11 is 1.84. The molecule has 0 aliphatic carbocycles. The van der Waals surface area contributed by atoms with Crippen molar-refractivity contribution in [1.29, 1.82) is 0 Å². The predicted octanol–water partition coefficient (Wildman–Crippen LogP) is 4.97. The summed E-state index contributed by atoms with van der Waals surface area (Å²) in [6.07, 6.45) is 0. The van der Waals surface area contributed by atoms with Gasteiger partial charge in [-0.3, -0.25) is 0 Å². The molecule has 2 aromatic carbocycles. The van der Waals surface area contributed by atoms with Crippen LogP contribution in [0, 0.1) is 0 Å². The molecule has 0 aliphatic rings. The lowest BCUT2D eigenvalue weighted by Gasteiger charge is -2.24. The molecule has 0 saturated heterocycles. The van der Waals surface area contributed by atoms with E-state index in [0.29, 0.717) is 0 Å². The Kier molecular flexibility index (Phi) is 4.09. The number of rotatable bonds is 5. The molecule has 0 atom stereocenters. The van der Waals surface area contributed by atoms with Gasteiger partial charge in [0.2, 0.25) is 0 Å². The van der Waals surface area contributed by atoms with Gasteiger partial charge in [0.05, 0.1) is 0 Å². The predicted molar refractivity (Wildman–Crippen MR) is 93.0 cm³/mol. The first-order valence-electron chi connectivity index (χ1n) is 7.38. The fraction of sp³-hybridized carbons (Fsp3) is 0.263. The van der Waals surface area contributed by atoms with E-state index >= 15 is 0 Å². The standard InChI is InChI=1S/C19H21NS/c1-19(2,18-11-6-12-21-18)14-20-13-16-9-5-8-15-7-3-4-10-17(15)16/h3-12,20H,13-14H2,1-2H3. The van der Waals surface area contributed by atoms with Crippen LogP contribution in [0.1, 0.15) is 24.3 Å². The molecule has 0 saturated carbocycles. The molecule has 1 N–H and O–H groups in total. The van der Waals surface area contributed by atoms with Gasteiger partial charge in [-0.1, -0.05) is 62.4 Å². The van der Waals surface area contributed by atoms with Crippen molar-refractivity contribution in [2.24, 2.45) is 0 Å². The zero-order valence-corrected chi connectivity index (χ0v) is 13.4. The van der Waals surface area contributed by atoms with Crippen molar-refractivity contribution in [3.8, 4) is 0 Å². The van der Waals surface area contributed by atoms with E-state index in [9.17, 15) is 0 Å². The Morgan fingerprint density at radius 2 is 1.76 bits per heavy atom. The van der Waals surface area contributed by atoms with Gasteiger partial charge in [0, 0.05) is 23.4 Å². The Hall–Kier alpha value is -1.64. The maximum absolute atomic E-state index is 3.63. The molecule has 0 spiro atoms. The van der Waals surface area contributed by atoms with Crippen molar-refractivity contribution >= 4 is 22.1 Å². The average Bonchev–Trinajstić information content (AvgIpc) is 3.02. The second-order valence-corrected chi connectivity index (χ2v) is 7.05. The van der Waals surface area contributed by atoms with E-state index in [0.717, 1.165) is 13.1 Å². The molecule has 0 aliphatic heterocycles. The molecule has 21 heavy (non-hydrogen) atoms. The summed E-state index contributed by atoms with van der Waals surface area (Å²) in [4.78, 5) is 1.44. The second-order valence-electron chi connectivity index (χ2n) is 6.10. The Balaban J connectivity index is 1.70. The quantitative estimate of drug-likeness (QED) is 0.701. The van der Waals surface area contributed by atoms with Crippen LogP contribution in [-0.2, 0) is 12.0 Å². The Bertz CT molecular complexity index is 708. The number of nitrogens with one attached hydrogen (secondary N) is 1. The summed E-state index contributed by atoms with van der Waals surface area (Å²) in [6, 6.07) is 19.5. The molecule has 1 heterocycles. The lowest BCUT2D eigenvalue weighted by atomic mass is 9.91. The molecule has 1 nitrogen and oxygen atoms in total. The van der Waals surface area contributed by atoms with Gasteiger partial charge in [-0.25, -0.2) is 0 Å². The molecule has 0 amide bonds. The van der Waals surface area contributed by atoms with Gasteiger partial charge < -0.3 is 5.32 Å². The Morgan fingerprint density at radius 1 is 0.952 bits per heavy atom. The van der Waals surface area contributed by atoms with E-state index in [2.05, 4.69) is 79.1 Å². The van der Waals surface area contributed by atoms with Crippen molar-refractivity contribution in [2.75, 3.05) is 6.54 Å².